The summed E-state index contributed by atoms with van der Waals surface area (Å²) in [7, 11) is 0. The number of hydrogen-bond donors (Lipinski definition) is 2. The van der Waals surface area contributed by atoms with Gasteiger partial charge in [-0.2, -0.15) is 0 Å². The fourth-order valence-corrected chi connectivity index (χ4v) is 2.19. The van der Waals surface area contributed by atoms with E-state index in [-0.39, 0.29) is 12.0 Å². The first kappa shape index (κ1) is 11.0. The van der Waals surface area contributed by atoms with Gasteiger partial charge in [0.05, 0.1) is 6.10 Å². The van der Waals surface area contributed by atoms with Crippen LogP contribution in [-0.4, -0.2) is 28.2 Å². The number of hydrogen-bond acceptors (Lipinski definition) is 3. The van der Waals surface area contributed by atoms with E-state index in [1.54, 1.807) is 6.92 Å². The van der Waals surface area contributed by atoms with E-state index in [1.807, 2.05) is 6.92 Å². The zero-order valence-corrected chi connectivity index (χ0v) is 8.66. The molecule has 3 heteroatoms. The monoisotopic (exact) mass is 188 g/mol. The zero-order valence-electron chi connectivity index (χ0n) is 8.66. The van der Waals surface area contributed by atoms with E-state index in [0.29, 0.717) is 0 Å². The van der Waals surface area contributed by atoms with Crippen molar-refractivity contribution in [1.29, 1.82) is 0 Å². The van der Waals surface area contributed by atoms with Crippen LogP contribution in [0.3, 0.4) is 0 Å². The van der Waals surface area contributed by atoms with Crippen molar-refractivity contribution >= 4 is 0 Å². The predicted octanol–water partition coefficient (Wildman–Crippen LogP) is 1.28. The fraction of sp³-hybridized carbons (Fsp3) is 1.00. The molecule has 1 aliphatic heterocycles. The third kappa shape index (κ3) is 1.87. The molecule has 0 aromatic rings. The van der Waals surface area contributed by atoms with Gasteiger partial charge in [0.1, 0.15) is 5.60 Å². The molecule has 1 fully saturated rings. The summed E-state index contributed by atoms with van der Waals surface area (Å²) in [6, 6.07) is 0. The Morgan fingerprint density at radius 3 is 2.46 bits per heavy atom. The molecule has 0 spiro atoms. The van der Waals surface area contributed by atoms with Gasteiger partial charge < -0.3 is 14.9 Å². The molecule has 0 bridgehead atoms. The average Bonchev–Trinajstić information content (AvgIpc) is 2.24. The second-order valence-corrected chi connectivity index (χ2v) is 4.06. The van der Waals surface area contributed by atoms with E-state index in [4.69, 9.17) is 4.74 Å². The van der Waals surface area contributed by atoms with Crippen LogP contribution in [0.2, 0.25) is 0 Å². The summed E-state index contributed by atoms with van der Waals surface area (Å²) in [6.45, 7) is 5.75. The third-order valence-corrected chi connectivity index (χ3v) is 3.02. The van der Waals surface area contributed by atoms with Crippen molar-refractivity contribution in [3.05, 3.63) is 0 Å². The normalized spacial score (nSPS) is 45.5. The lowest BCUT2D eigenvalue weighted by Crippen LogP contribution is -2.41. The van der Waals surface area contributed by atoms with Crippen molar-refractivity contribution in [2.45, 2.75) is 58.0 Å². The summed E-state index contributed by atoms with van der Waals surface area (Å²) in [5.74, 6) is 0.0578. The lowest BCUT2D eigenvalue weighted by atomic mass is 9.83. The SMILES string of the molecule is CCC[C@@H]1O[C@H](O)[C@@](C)(O)[C@@H]1CC. The molecule has 1 rings (SSSR count). The van der Waals surface area contributed by atoms with Gasteiger partial charge in [0.2, 0.25) is 0 Å². The van der Waals surface area contributed by atoms with Crippen LogP contribution in [0.25, 0.3) is 0 Å². The molecule has 0 radical (unpaired) electrons. The first-order chi connectivity index (χ1) is 6.04. The van der Waals surface area contributed by atoms with E-state index < -0.39 is 11.9 Å². The molecule has 0 saturated carbocycles. The van der Waals surface area contributed by atoms with Gasteiger partial charge >= 0.3 is 0 Å². The smallest absolute Gasteiger partial charge is 0.184 e. The molecule has 0 aromatic heterocycles. The Hall–Kier alpha value is -0.120. The van der Waals surface area contributed by atoms with Crippen molar-refractivity contribution in [1.82, 2.24) is 0 Å². The van der Waals surface area contributed by atoms with Crippen molar-refractivity contribution in [3.63, 3.8) is 0 Å². The largest absolute Gasteiger partial charge is 0.384 e. The minimum atomic E-state index is -1.07. The average molecular weight is 188 g/mol. The highest BCUT2D eigenvalue weighted by atomic mass is 16.6. The summed E-state index contributed by atoms with van der Waals surface area (Å²) in [4.78, 5) is 0. The van der Waals surface area contributed by atoms with E-state index >= 15 is 0 Å². The van der Waals surface area contributed by atoms with Gasteiger partial charge in [0.15, 0.2) is 6.29 Å². The van der Waals surface area contributed by atoms with Crippen LogP contribution in [0.5, 0.6) is 0 Å². The van der Waals surface area contributed by atoms with E-state index in [2.05, 4.69) is 6.92 Å². The highest BCUT2D eigenvalue weighted by Gasteiger charge is 2.50. The second kappa shape index (κ2) is 3.95. The van der Waals surface area contributed by atoms with Gasteiger partial charge in [-0.3, -0.25) is 0 Å². The molecule has 2 N–H and O–H groups in total. The van der Waals surface area contributed by atoms with E-state index in [1.165, 1.54) is 0 Å². The Labute approximate surface area is 79.7 Å². The standard InChI is InChI=1S/C10H20O3/c1-4-6-8-7(5-2)10(3,12)9(11)13-8/h7-9,11-12H,4-6H2,1-3H3/t7-,8+,9+,10+/m1/s1. The van der Waals surface area contributed by atoms with Gasteiger partial charge in [-0.1, -0.05) is 20.3 Å². The molecule has 0 aliphatic carbocycles. The first-order valence-corrected chi connectivity index (χ1v) is 5.09. The van der Waals surface area contributed by atoms with Gasteiger partial charge in [-0.05, 0) is 19.8 Å². The zero-order chi connectivity index (χ0) is 10.1. The summed E-state index contributed by atoms with van der Waals surface area (Å²) in [5.41, 5.74) is -1.07. The maximum absolute atomic E-state index is 9.94. The topological polar surface area (TPSA) is 49.7 Å². The summed E-state index contributed by atoms with van der Waals surface area (Å²) >= 11 is 0. The first-order valence-electron chi connectivity index (χ1n) is 5.09. The molecule has 4 atom stereocenters. The number of rotatable bonds is 3. The predicted molar refractivity (Wildman–Crippen MR) is 50.2 cm³/mol. The molecule has 3 nitrogen and oxygen atoms in total. The molecule has 78 valence electrons. The van der Waals surface area contributed by atoms with E-state index in [0.717, 1.165) is 19.3 Å². The molecule has 1 heterocycles. The summed E-state index contributed by atoms with van der Waals surface area (Å²) in [6.07, 6.45) is 1.76. The fourth-order valence-electron chi connectivity index (χ4n) is 2.19. The summed E-state index contributed by atoms with van der Waals surface area (Å²) in [5, 5.41) is 19.4. The quantitative estimate of drug-likeness (QED) is 0.701. The van der Waals surface area contributed by atoms with Crippen LogP contribution in [0.4, 0.5) is 0 Å². The molecule has 0 aromatic carbocycles. The van der Waals surface area contributed by atoms with E-state index in [9.17, 15) is 10.2 Å². The maximum Gasteiger partial charge on any atom is 0.184 e. The number of ether oxygens (including phenoxy) is 1. The molecule has 1 aliphatic rings. The Bertz CT molecular complexity index is 168. The lowest BCUT2D eigenvalue weighted by Gasteiger charge is -2.26. The molecular formula is C10H20O3. The van der Waals surface area contributed by atoms with Crippen molar-refractivity contribution in [3.8, 4) is 0 Å². The highest BCUT2D eigenvalue weighted by molar-refractivity contribution is 4.94. The minimum Gasteiger partial charge on any atom is -0.384 e. The Morgan fingerprint density at radius 1 is 1.38 bits per heavy atom. The molecule has 0 amide bonds. The van der Waals surface area contributed by atoms with Crippen molar-refractivity contribution in [2.24, 2.45) is 5.92 Å². The van der Waals surface area contributed by atoms with Gasteiger partial charge in [-0.15, -0.1) is 0 Å². The number of aliphatic hydroxyl groups is 2. The highest BCUT2D eigenvalue weighted by Crippen LogP contribution is 2.38. The van der Waals surface area contributed by atoms with Gasteiger partial charge in [0, 0.05) is 5.92 Å². The minimum absolute atomic E-state index is 0.0139. The number of aliphatic hydroxyl groups excluding tert-OH is 1. The van der Waals surface area contributed by atoms with Crippen LogP contribution in [0.1, 0.15) is 40.0 Å². The Morgan fingerprint density at radius 2 is 2.00 bits per heavy atom. The van der Waals surface area contributed by atoms with Crippen LogP contribution in [-0.2, 0) is 4.74 Å². The van der Waals surface area contributed by atoms with Gasteiger partial charge in [-0.25, -0.2) is 0 Å². The summed E-state index contributed by atoms with van der Waals surface area (Å²) < 4.78 is 5.33. The molecule has 13 heavy (non-hydrogen) atoms. The van der Waals surface area contributed by atoms with Crippen molar-refractivity contribution < 1.29 is 14.9 Å². The Balaban J connectivity index is 2.70. The maximum atomic E-state index is 9.94. The molecule has 1 saturated heterocycles. The Kier molecular flexibility index (Phi) is 3.33. The van der Waals surface area contributed by atoms with Crippen molar-refractivity contribution in [2.75, 3.05) is 0 Å². The van der Waals surface area contributed by atoms with Crippen LogP contribution in [0, 0.1) is 5.92 Å². The second-order valence-electron chi connectivity index (χ2n) is 4.06. The lowest BCUT2D eigenvalue weighted by molar-refractivity contribution is -0.164. The van der Waals surface area contributed by atoms with Crippen LogP contribution in [0.15, 0.2) is 0 Å². The van der Waals surface area contributed by atoms with Crippen LogP contribution >= 0.6 is 0 Å². The molecule has 0 unspecified atom stereocenters. The third-order valence-electron chi connectivity index (χ3n) is 3.02. The van der Waals surface area contributed by atoms with Gasteiger partial charge in [0.25, 0.3) is 0 Å². The van der Waals surface area contributed by atoms with Crippen LogP contribution < -0.4 is 0 Å². The molecular weight excluding hydrogens is 168 g/mol.